The number of nitrogens with zero attached hydrogens (tertiary/aromatic N) is 2. The summed E-state index contributed by atoms with van der Waals surface area (Å²) in [6.07, 6.45) is -3.47. The summed E-state index contributed by atoms with van der Waals surface area (Å²) in [5.74, 6) is 0.782. The molecule has 0 saturated heterocycles. The molecule has 1 amide bonds. The van der Waals surface area contributed by atoms with Gasteiger partial charge in [0.05, 0.1) is 16.6 Å². The molecule has 0 aliphatic carbocycles. The molecule has 1 N–H and O–H groups in total. The average Bonchev–Trinajstić information content (AvgIpc) is 3.16. The third-order valence-corrected chi connectivity index (χ3v) is 5.97. The van der Waals surface area contributed by atoms with Gasteiger partial charge < -0.3 is 9.88 Å². The first-order chi connectivity index (χ1) is 16.6. The zero-order valence-corrected chi connectivity index (χ0v) is 19.9. The molecule has 182 valence electrons. The minimum atomic E-state index is -4.48. The number of imidazole rings is 1. The maximum atomic E-state index is 13.0. The van der Waals surface area contributed by atoms with Gasteiger partial charge in [0, 0.05) is 11.6 Å². The van der Waals surface area contributed by atoms with E-state index in [0.717, 1.165) is 41.0 Å². The van der Waals surface area contributed by atoms with Crippen molar-refractivity contribution in [3.8, 4) is 0 Å². The van der Waals surface area contributed by atoms with Crippen LogP contribution in [0.25, 0.3) is 11.0 Å². The summed E-state index contributed by atoms with van der Waals surface area (Å²) in [5, 5.41) is 2.60. The lowest BCUT2D eigenvalue weighted by Gasteiger charge is -2.16. The number of carbonyl (C=O) groups excluding carboxylic acids is 1. The number of hydrogen-bond acceptors (Lipinski definition) is 2. The zero-order chi connectivity index (χ0) is 25.2. The van der Waals surface area contributed by atoms with Gasteiger partial charge >= 0.3 is 6.18 Å². The summed E-state index contributed by atoms with van der Waals surface area (Å²) in [4.78, 5) is 17.7. The van der Waals surface area contributed by atoms with Crippen LogP contribution in [-0.2, 0) is 23.9 Å². The number of para-hydroxylation sites is 2. The van der Waals surface area contributed by atoms with Crippen LogP contribution in [0.1, 0.15) is 49.2 Å². The standard InChI is InChI=1S/C28H28F3N3O/c1-18(2)15-20-11-13-21(14-12-20)19(3)27-33-24-9-4-5-10-25(24)34(27)17-26(35)32-23-8-6-7-22(16-23)28(29,30)31/h4-14,16,18-19H,15,17H2,1-3H3,(H,32,35). The second-order valence-electron chi connectivity index (χ2n) is 9.23. The first-order valence-corrected chi connectivity index (χ1v) is 11.6. The monoisotopic (exact) mass is 479 g/mol. The maximum absolute atomic E-state index is 13.0. The molecule has 4 rings (SSSR count). The SMILES string of the molecule is CC(C)Cc1ccc(C(C)c2nc3ccccc3n2CC(=O)Nc2cccc(C(F)(F)F)c2)cc1. The lowest BCUT2D eigenvalue weighted by atomic mass is 9.96. The Morgan fingerprint density at radius 3 is 2.37 bits per heavy atom. The predicted molar refractivity (Wildman–Crippen MR) is 132 cm³/mol. The highest BCUT2D eigenvalue weighted by atomic mass is 19.4. The molecule has 0 radical (unpaired) electrons. The minimum absolute atomic E-state index is 0.0676. The molecule has 3 aromatic carbocycles. The summed E-state index contributed by atoms with van der Waals surface area (Å²) in [5.41, 5.74) is 3.20. The van der Waals surface area contributed by atoms with Crippen molar-refractivity contribution < 1.29 is 18.0 Å². The van der Waals surface area contributed by atoms with Crippen molar-refractivity contribution in [2.24, 2.45) is 5.92 Å². The molecular formula is C28H28F3N3O. The number of amides is 1. The van der Waals surface area contributed by atoms with Crippen LogP contribution >= 0.6 is 0 Å². The summed E-state index contributed by atoms with van der Waals surface area (Å²) in [6.45, 7) is 6.34. The van der Waals surface area contributed by atoms with E-state index in [1.807, 2.05) is 35.8 Å². The third-order valence-electron chi connectivity index (χ3n) is 5.97. The Bertz CT molecular complexity index is 1320. The molecule has 35 heavy (non-hydrogen) atoms. The molecule has 1 unspecified atom stereocenters. The molecule has 4 aromatic rings. The Labute approximate surface area is 202 Å². The Morgan fingerprint density at radius 1 is 0.971 bits per heavy atom. The van der Waals surface area contributed by atoms with E-state index in [1.54, 1.807) is 0 Å². The van der Waals surface area contributed by atoms with Gasteiger partial charge in [-0.25, -0.2) is 4.98 Å². The van der Waals surface area contributed by atoms with Gasteiger partial charge in [-0.05, 0) is 53.8 Å². The van der Waals surface area contributed by atoms with Crippen molar-refractivity contribution in [1.82, 2.24) is 9.55 Å². The van der Waals surface area contributed by atoms with E-state index in [4.69, 9.17) is 4.98 Å². The smallest absolute Gasteiger partial charge is 0.325 e. The first-order valence-electron chi connectivity index (χ1n) is 11.6. The fraction of sp³-hybridized carbons (Fsp3) is 0.286. The fourth-order valence-corrected chi connectivity index (χ4v) is 4.27. The predicted octanol–water partition coefficient (Wildman–Crippen LogP) is 7.04. The van der Waals surface area contributed by atoms with E-state index in [2.05, 4.69) is 43.4 Å². The van der Waals surface area contributed by atoms with Gasteiger partial charge in [0.1, 0.15) is 12.4 Å². The van der Waals surface area contributed by atoms with Crippen LogP contribution in [0.4, 0.5) is 18.9 Å². The topological polar surface area (TPSA) is 46.9 Å². The van der Waals surface area contributed by atoms with Crippen molar-refractivity contribution in [1.29, 1.82) is 0 Å². The van der Waals surface area contributed by atoms with E-state index >= 15 is 0 Å². The van der Waals surface area contributed by atoms with Gasteiger partial charge in [-0.1, -0.05) is 63.2 Å². The molecule has 4 nitrogen and oxygen atoms in total. The van der Waals surface area contributed by atoms with Crippen molar-refractivity contribution in [3.05, 3.63) is 95.3 Å². The lowest BCUT2D eigenvalue weighted by molar-refractivity contribution is -0.137. The summed E-state index contributed by atoms with van der Waals surface area (Å²) >= 11 is 0. The number of rotatable bonds is 7. The Morgan fingerprint density at radius 2 is 1.69 bits per heavy atom. The minimum Gasteiger partial charge on any atom is -0.325 e. The van der Waals surface area contributed by atoms with Crippen LogP contribution in [0.5, 0.6) is 0 Å². The van der Waals surface area contributed by atoms with Gasteiger partial charge in [-0.2, -0.15) is 13.2 Å². The normalized spacial score (nSPS) is 12.8. The first kappa shape index (κ1) is 24.5. The molecule has 7 heteroatoms. The molecule has 0 saturated carbocycles. The van der Waals surface area contributed by atoms with E-state index in [1.165, 1.54) is 17.7 Å². The molecule has 1 heterocycles. The van der Waals surface area contributed by atoms with Gasteiger partial charge in [-0.15, -0.1) is 0 Å². The van der Waals surface area contributed by atoms with Crippen LogP contribution in [0.15, 0.2) is 72.8 Å². The number of halogens is 3. The lowest BCUT2D eigenvalue weighted by Crippen LogP contribution is -2.21. The number of anilines is 1. The number of nitrogens with one attached hydrogen (secondary N) is 1. The van der Waals surface area contributed by atoms with E-state index in [0.29, 0.717) is 5.92 Å². The van der Waals surface area contributed by atoms with Crippen LogP contribution in [0.3, 0.4) is 0 Å². The van der Waals surface area contributed by atoms with Gasteiger partial charge in [0.15, 0.2) is 0 Å². The van der Waals surface area contributed by atoms with Crippen molar-refractivity contribution >= 4 is 22.6 Å². The van der Waals surface area contributed by atoms with Crippen LogP contribution < -0.4 is 5.32 Å². The number of carbonyl (C=O) groups is 1. The molecule has 0 spiro atoms. The summed E-state index contributed by atoms with van der Waals surface area (Å²) < 4.78 is 41.0. The average molecular weight is 480 g/mol. The molecule has 1 aromatic heterocycles. The second kappa shape index (κ2) is 9.94. The van der Waals surface area contributed by atoms with E-state index in [9.17, 15) is 18.0 Å². The number of benzene rings is 3. The van der Waals surface area contributed by atoms with Gasteiger partial charge in [0.25, 0.3) is 0 Å². The quantitative estimate of drug-likeness (QED) is 0.309. The van der Waals surface area contributed by atoms with Gasteiger partial charge in [-0.3, -0.25) is 4.79 Å². The molecule has 0 aliphatic heterocycles. The Kier molecular flexibility index (Phi) is 6.96. The summed E-state index contributed by atoms with van der Waals surface area (Å²) in [6, 6.07) is 20.6. The second-order valence-corrected chi connectivity index (χ2v) is 9.23. The third kappa shape index (κ3) is 5.73. The van der Waals surface area contributed by atoms with E-state index < -0.39 is 17.6 Å². The van der Waals surface area contributed by atoms with Crippen molar-refractivity contribution in [2.45, 2.75) is 45.8 Å². The highest BCUT2D eigenvalue weighted by Crippen LogP contribution is 2.31. The van der Waals surface area contributed by atoms with Crippen molar-refractivity contribution in [2.75, 3.05) is 5.32 Å². The zero-order valence-electron chi connectivity index (χ0n) is 19.9. The number of hydrogen-bond donors (Lipinski definition) is 1. The highest BCUT2D eigenvalue weighted by Gasteiger charge is 2.30. The Balaban J connectivity index is 1.61. The number of aromatic nitrogens is 2. The molecule has 0 aliphatic rings. The molecule has 0 fully saturated rings. The molecule has 0 bridgehead atoms. The largest absolute Gasteiger partial charge is 0.416 e. The summed E-state index contributed by atoms with van der Waals surface area (Å²) in [7, 11) is 0. The molecule has 1 atom stereocenters. The molecular weight excluding hydrogens is 451 g/mol. The van der Waals surface area contributed by atoms with Crippen LogP contribution in [-0.4, -0.2) is 15.5 Å². The number of fused-ring (bicyclic) bond motifs is 1. The number of alkyl halides is 3. The highest BCUT2D eigenvalue weighted by molar-refractivity contribution is 5.92. The van der Waals surface area contributed by atoms with Crippen LogP contribution in [0, 0.1) is 5.92 Å². The van der Waals surface area contributed by atoms with Crippen LogP contribution in [0.2, 0.25) is 0 Å². The van der Waals surface area contributed by atoms with E-state index in [-0.39, 0.29) is 18.2 Å². The maximum Gasteiger partial charge on any atom is 0.416 e. The van der Waals surface area contributed by atoms with Crippen molar-refractivity contribution in [3.63, 3.8) is 0 Å². The Hall–Kier alpha value is -3.61. The van der Waals surface area contributed by atoms with Gasteiger partial charge in [0.2, 0.25) is 5.91 Å². The fourth-order valence-electron chi connectivity index (χ4n) is 4.27.